The van der Waals surface area contributed by atoms with Gasteiger partial charge < -0.3 is 10.0 Å². The molecule has 1 aromatic carbocycles. The van der Waals surface area contributed by atoms with E-state index in [0.717, 1.165) is 11.0 Å². The SMILES string of the molecule is CC(=O)N(C)c1c(F)cccc1C(=O)O. The van der Waals surface area contributed by atoms with Crippen molar-refractivity contribution in [2.75, 3.05) is 11.9 Å². The number of hydrogen-bond acceptors (Lipinski definition) is 2. The Balaban J connectivity index is 3.37. The zero-order valence-electron chi connectivity index (χ0n) is 8.32. The van der Waals surface area contributed by atoms with Crippen LogP contribution in [0.25, 0.3) is 0 Å². The number of amides is 1. The molecule has 0 atom stereocenters. The average molecular weight is 211 g/mol. The number of aromatic carboxylic acids is 1. The maximum absolute atomic E-state index is 13.4. The van der Waals surface area contributed by atoms with Gasteiger partial charge >= 0.3 is 5.97 Å². The Kier molecular flexibility index (Phi) is 3.04. The summed E-state index contributed by atoms with van der Waals surface area (Å²) in [4.78, 5) is 22.8. The molecule has 1 rings (SSSR count). The number of halogens is 1. The molecule has 0 spiro atoms. The molecule has 5 heteroatoms. The summed E-state index contributed by atoms with van der Waals surface area (Å²) in [5.74, 6) is -2.42. The van der Waals surface area contributed by atoms with Crippen molar-refractivity contribution < 1.29 is 19.1 Å². The molecule has 0 fully saturated rings. The Morgan fingerprint density at radius 1 is 1.40 bits per heavy atom. The number of carboxylic acids is 1. The van der Waals surface area contributed by atoms with Crippen LogP contribution in [0.2, 0.25) is 0 Å². The Hall–Kier alpha value is -1.91. The van der Waals surface area contributed by atoms with E-state index in [1.165, 1.54) is 26.1 Å². The van der Waals surface area contributed by atoms with Gasteiger partial charge in [0.05, 0.1) is 11.3 Å². The highest BCUT2D eigenvalue weighted by molar-refractivity contribution is 6.01. The zero-order valence-corrected chi connectivity index (χ0v) is 8.32. The van der Waals surface area contributed by atoms with Crippen LogP contribution in [0.5, 0.6) is 0 Å². The fourth-order valence-electron chi connectivity index (χ4n) is 1.19. The van der Waals surface area contributed by atoms with Crippen molar-refractivity contribution in [1.82, 2.24) is 0 Å². The number of nitrogens with zero attached hydrogens (tertiary/aromatic N) is 1. The van der Waals surface area contributed by atoms with Crippen molar-refractivity contribution in [3.05, 3.63) is 29.6 Å². The predicted molar refractivity (Wildman–Crippen MR) is 52.4 cm³/mol. The number of rotatable bonds is 2. The highest BCUT2D eigenvalue weighted by Gasteiger charge is 2.19. The Morgan fingerprint density at radius 3 is 2.47 bits per heavy atom. The number of anilines is 1. The van der Waals surface area contributed by atoms with Crippen LogP contribution >= 0.6 is 0 Å². The van der Waals surface area contributed by atoms with E-state index in [-0.39, 0.29) is 11.3 Å². The van der Waals surface area contributed by atoms with E-state index < -0.39 is 17.7 Å². The van der Waals surface area contributed by atoms with Crippen LogP contribution in [0.3, 0.4) is 0 Å². The van der Waals surface area contributed by atoms with Crippen molar-refractivity contribution in [2.24, 2.45) is 0 Å². The first-order valence-electron chi connectivity index (χ1n) is 4.21. The van der Waals surface area contributed by atoms with Crippen LogP contribution in [0.4, 0.5) is 10.1 Å². The summed E-state index contributed by atoms with van der Waals surface area (Å²) in [5.41, 5.74) is -0.440. The molecule has 4 nitrogen and oxygen atoms in total. The Labute approximate surface area is 85.9 Å². The average Bonchev–Trinajstić information content (AvgIpc) is 2.16. The molecule has 0 aliphatic carbocycles. The van der Waals surface area contributed by atoms with E-state index in [1.54, 1.807) is 0 Å². The lowest BCUT2D eigenvalue weighted by Gasteiger charge is -2.17. The summed E-state index contributed by atoms with van der Waals surface area (Å²) < 4.78 is 13.4. The first-order chi connectivity index (χ1) is 6.95. The molecule has 0 aliphatic rings. The number of benzene rings is 1. The van der Waals surface area contributed by atoms with Crippen LogP contribution in [0.15, 0.2) is 18.2 Å². The molecule has 80 valence electrons. The van der Waals surface area contributed by atoms with E-state index in [4.69, 9.17) is 5.11 Å². The standard InChI is InChI=1S/C10H10FNO3/c1-6(13)12(2)9-7(10(14)15)4-3-5-8(9)11/h3-5H,1-2H3,(H,14,15). The van der Waals surface area contributed by atoms with Crippen molar-refractivity contribution in [2.45, 2.75) is 6.92 Å². The van der Waals surface area contributed by atoms with Gasteiger partial charge in [-0.1, -0.05) is 6.07 Å². The molecule has 1 aromatic rings. The van der Waals surface area contributed by atoms with Crippen molar-refractivity contribution in [1.29, 1.82) is 0 Å². The second kappa shape index (κ2) is 4.08. The van der Waals surface area contributed by atoms with Crippen LogP contribution in [0.1, 0.15) is 17.3 Å². The lowest BCUT2D eigenvalue weighted by Crippen LogP contribution is -2.26. The van der Waals surface area contributed by atoms with Crippen LogP contribution in [-0.4, -0.2) is 24.0 Å². The number of carbonyl (C=O) groups excluding carboxylic acids is 1. The van der Waals surface area contributed by atoms with Crippen LogP contribution in [0, 0.1) is 5.82 Å². The van der Waals surface area contributed by atoms with Gasteiger partial charge in [0.1, 0.15) is 5.82 Å². The van der Waals surface area contributed by atoms with E-state index in [0.29, 0.717) is 0 Å². The van der Waals surface area contributed by atoms with Crippen LogP contribution in [-0.2, 0) is 4.79 Å². The Morgan fingerprint density at radius 2 is 2.00 bits per heavy atom. The molecule has 0 aromatic heterocycles. The summed E-state index contributed by atoms with van der Waals surface area (Å²) in [7, 11) is 1.33. The quantitative estimate of drug-likeness (QED) is 0.806. The van der Waals surface area contributed by atoms with Gasteiger partial charge in [-0.2, -0.15) is 0 Å². The summed E-state index contributed by atoms with van der Waals surface area (Å²) >= 11 is 0. The number of para-hydroxylation sites is 1. The summed E-state index contributed by atoms with van der Waals surface area (Å²) in [5, 5.41) is 8.82. The normalized spacial score (nSPS) is 9.80. The summed E-state index contributed by atoms with van der Waals surface area (Å²) in [6, 6.07) is 3.65. The monoisotopic (exact) mass is 211 g/mol. The molecule has 0 heterocycles. The van der Waals surface area contributed by atoms with Crippen LogP contribution < -0.4 is 4.90 Å². The molecule has 0 unspecified atom stereocenters. The van der Waals surface area contributed by atoms with Gasteiger partial charge in [0, 0.05) is 14.0 Å². The molecular formula is C10H10FNO3. The van der Waals surface area contributed by atoms with E-state index in [2.05, 4.69) is 0 Å². The highest BCUT2D eigenvalue weighted by Crippen LogP contribution is 2.23. The third-order valence-corrected chi connectivity index (χ3v) is 2.02. The van der Waals surface area contributed by atoms with Gasteiger partial charge in [0.15, 0.2) is 0 Å². The Bertz CT molecular complexity index is 417. The fourth-order valence-corrected chi connectivity index (χ4v) is 1.19. The lowest BCUT2D eigenvalue weighted by atomic mass is 10.1. The fraction of sp³-hybridized carbons (Fsp3) is 0.200. The maximum Gasteiger partial charge on any atom is 0.337 e. The second-order valence-corrected chi connectivity index (χ2v) is 3.02. The van der Waals surface area contributed by atoms with E-state index in [9.17, 15) is 14.0 Å². The van der Waals surface area contributed by atoms with E-state index >= 15 is 0 Å². The van der Waals surface area contributed by atoms with Gasteiger partial charge in [-0.25, -0.2) is 9.18 Å². The minimum Gasteiger partial charge on any atom is -0.478 e. The topological polar surface area (TPSA) is 57.6 Å². The zero-order chi connectivity index (χ0) is 11.6. The first kappa shape index (κ1) is 11.2. The molecule has 1 N–H and O–H groups in total. The minimum absolute atomic E-state index is 0.211. The predicted octanol–water partition coefficient (Wildman–Crippen LogP) is 1.51. The molecule has 0 bridgehead atoms. The smallest absolute Gasteiger partial charge is 0.337 e. The second-order valence-electron chi connectivity index (χ2n) is 3.02. The molecule has 0 aliphatic heterocycles. The van der Waals surface area contributed by atoms with Crippen molar-refractivity contribution >= 4 is 17.6 Å². The number of hydrogen-bond donors (Lipinski definition) is 1. The molecule has 0 saturated heterocycles. The minimum atomic E-state index is -1.27. The highest BCUT2D eigenvalue weighted by atomic mass is 19.1. The van der Waals surface area contributed by atoms with Gasteiger partial charge in [-0.05, 0) is 12.1 Å². The van der Waals surface area contributed by atoms with Gasteiger partial charge in [-0.3, -0.25) is 4.79 Å². The summed E-state index contributed by atoms with van der Waals surface area (Å²) in [6.45, 7) is 1.23. The third kappa shape index (κ3) is 2.12. The molecular weight excluding hydrogens is 201 g/mol. The number of carboxylic acid groups (broad SMARTS) is 1. The molecule has 0 saturated carbocycles. The van der Waals surface area contributed by atoms with Crippen molar-refractivity contribution in [3.63, 3.8) is 0 Å². The maximum atomic E-state index is 13.4. The molecule has 15 heavy (non-hydrogen) atoms. The largest absolute Gasteiger partial charge is 0.478 e. The van der Waals surface area contributed by atoms with Gasteiger partial charge in [0.25, 0.3) is 0 Å². The lowest BCUT2D eigenvalue weighted by molar-refractivity contribution is -0.116. The van der Waals surface area contributed by atoms with Crippen molar-refractivity contribution in [3.8, 4) is 0 Å². The van der Waals surface area contributed by atoms with E-state index in [1.807, 2.05) is 0 Å². The summed E-state index contributed by atoms with van der Waals surface area (Å²) in [6.07, 6.45) is 0. The van der Waals surface area contributed by atoms with Gasteiger partial charge in [-0.15, -0.1) is 0 Å². The third-order valence-electron chi connectivity index (χ3n) is 2.02. The molecule has 1 amide bonds. The molecule has 0 radical (unpaired) electrons. The first-order valence-corrected chi connectivity index (χ1v) is 4.21. The van der Waals surface area contributed by atoms with Gasteiger partial charge in [0.2, 0.25) is 5.91 Å². The number of carbonyl (C=O) groups is 2.